The van der Waals surface area contributed by atoms with Crippen LogP contribution in [0.5, 0.6) is 0 Å². The Kier molecular flexibility index (Phi) is 7.52. The molecule has 0 bridgehead atoms. The highest BCUT2D eigenvalue weighted by atomic mass is 16.3. The van der Waals surface area contributed by atoms with Gasteiger partial charge in [0.25, 0.3) is 0 Å². The summed E-state index contributed by atoms with van der Waals surface area (Å²) in [5.41, 5.74) is 3.63. The molecule has 1 nitrogen and oxygen atoms in total. The number of hydrogen-bond acceptors (Lipinski definition) is 1. The van der Waals surface area contributed by atoms with E-state index < -0.39 is 0 Å². The quantitative estimate of drug-likeness (QED) is 0.470. The number of hydrogen-bond donors (Lipinski definition) is 1. The fourth-order valence-electron chi connectivity index (χ4n) is 6.50. The number of allylic oxidation sites excluding steroid dienone is 5. The zero-order valence-electron chi connectivity index (χ0n) is 20.0. The lowest BCUT2D eigenvalue weighted by Crippen LogP contribution is -2.35. The summed E-state index contributed by atoms with van der Waals surface area (Å²) in [5.74, 6) is 4.29. The van der Waals surface area contributed by atoms with Gasteiger partial charge in [-0.25, -0.2) is 0 Å². The van der Waals surface area contributed by atoms with Gasteiger partial charge in [-0.15, -0.1) is 0 Å². The van der Waals surface area contributed by atoms with Crippen molar-refractivity contribution < 1.29 is 5.11 Å². The van der Waals surface area contributed by atoms with Crippen molar-refractivity contribution in [3.63, 3.8) is 0 Å². The van der Waals surface area contributed by atoms with Gasteiger partial charge in [-0.05, 0) is 92.3 Å². The maximum Gasteiger partial charge on any atom is 0.0577 e. The molecule has 0 spiro atoms. The fraction of sp³-hybridized carbons (Fsp3) is 0.786. The molecular weight excluding hydrogens is 352 g/mol. The van der Waals surface area contributed by atoms with Crippen molar-refractivity contribution in [2.75, 3.05) is 0 Å². The van der Waals surface area contributed by atoms with E-state index in [-0.39, 0.29) is 6.10 Å². The van der Waals surface area contributed by atoms with Crippen molar-refractivity contribution >= 4 is 0 Å². The highest BCUT2D eigenvalue weighted by Gasteiger charge is 2.50. The molecule has 3 rings (SSSR count). The second-order valence-electron chi connectivity index (χ2n) is 11.3. The summed E-state index contributed by atoms with van der Waals surface area (Å²) in [5, 5.41) is 10.1. The Morgan fingerprint density at radius 1 is 0.966 bits per heavy atom. The Morgan fingerprint density at radius 2 is 1.69 bits per heavy atom. The maximum atomic E-state index is 10.1. The third-order valence-electron chi connectivity index (χ3n) is 8.99. The van der Waals surface area contributed by atoms with E-state index in [1.807, 2.05) is 0 Å². The van der Waals surface area contributed by atoms with Gasteiger partial charge in [-0.3, -0.25) is 0 Å². The molecule has 0 aliphatic heterocycles. The number of aliphatic hydroxyl groups is 1. The Hall–Kier alpha value is -0.820. The minimum atomic E-state index is -0.121. The van der Waals surface area contributed by atoms with Crippen LogP contribution in [0, 0.1) is 40.9 Å². The third kappa shape index (κ3) is 5.09. The molecule has 0 aromatic rings. The van der Waals surface area contributed by atoms with E-state index in [1.54, 1.807) is 5.57 Å². The lowest BCUT2D eigenvalue weighted by molar-refractivity contribution is 0.112. The lowest BCUT2D eigenvalue weighted by atomic mass is 9.61. The normalized spacial score (nSPS) is 40.7. The second kappa shape index (κ2) is 9.54. The van der Waals surface area contributed by atoms with Gasteiger partial charge in [0.1, 0.15) is 0 Å². The van der Waals surface area contributed by atoms with Crippen LogP contribution in [0.4, 0.5) is 0 Å². The van der Waals surface area contributed by atoms with Gasteiger partial charge in [0.2, 0.25) is 0 Å². The molecule has 0 saturated heterocycles. The Balaban J connectivity index is 1.74. The summed E-state index contributed by atoms with van der Waals surface area (Å²) < 4.78 is 0. The topological polar surface area (TPSA) is 20.2 Å². The predicted octanol–water partition coefficient (Wildman–Crippen LogP) is 7.72. The van der Waals surface area contributed by atoms with Crippen LogP contribution in [0.1, 0.15) is 92.9 Å². The van der Waals surface area contributed by atoms with E-state index in [1.165, 1.54) is 37.7 Å². The second-order valence-corrected chi connectivity index (χ2v) is 11.3. The van der Waals surface area contributed by atoms with Crippen LogP contribution in [0.2, 0.25) is 0 Å². The Labute approximate surface area is 180 Å². The largest absolute Gasteiger partial charge is 0.393 e. The van der Waals surface area contributed by atoms with Gasteiger partial charge in [0, 0.05) is 0 Å². The molecule has 0 unspecified atom stereocenters. The van der Waals surface area contributed by atoms with Crippen molar-refractivity contribution in [2.24, 2.45) is 40.9 Å². The maximum absolute atomic E-state index is 10.1. The smallest absolute Gasteiger partial charge is 0.0577 e. The van der Waals surface area contributed by atoms with Gasteiger partial charge in [-0.2, -0.15) is 0 Å². The van der Waals surface area contributed by atoms with Crippen molar-refractivity contribution in [1.82, 2.24) is 0 Å². The molecular formula is C28H46O. The zero-order chi connectivity index (χ0) is 21.2. The standard InChI is InChI=1S/C28H46O/c1-19(2)20(3)9-10-22(5)26-15-16-27-23(8-7-17-28(26,27)6)12-13-24-18-25(29)14-11-21(24)4/h9-10,12-13,19-22,25-27,29H,7-8,11,14-18H2,1-6H3/b10-9+,23-12-,24-13-/t20-,21-,22+,25-,26+,27-,28+/m0/s1. The minimum Gasteiger partial charge on any atom is -0.393 e. The third-order valence-corrected chi connectivity index (χ3v) is 8.99. The van der Waals surface area contributed by atoms with E-state index in [0.717, 1.165) is 37.0 Å². The van der Waals surface area contributed by atoms with Crippen LogP contribution in [0.25, 0.3) is 0 Å². The summed E-state index contributed by atoms with van der Waals surface area (Å²) in [4.78, 5) is 0. The Bertz CT molecular complexity index is 639. The van der Waals surface area contributed by atoms with E-state index >= 15 is 0 Å². The van der Waals surface area contributed by atoms with Crippen LogP contribution in [0.15, 0.2) is 35.5 Å². The first-order valence-electron chi connectivity index (χ1n) is 12.5. The van der Waals surface area contributed by atoms with Crippen molar-refractivity contribution in [2.45, 2.75) is 99.0 Å². The molecule has 1 N–H and O–H groups in total. The molecule has 0 heterocycles. The van der Waals surface area contributed by atoms with Gasteiger partial charge >= 0.3 is 0 Å². The van der Waals surface area contributed by atoms with E-state index in [2.05, 4.69) is 65.8 Å². The molecule has 1 heteroatoms. The van der Waals surface area contributed by atoms with Crippen LogP contribution < -0.4 is 0 Å². The molecule has 0 amide bonds. The summed E-state index contributed by atoms with van der Waals surface area (Å²) >= 11 is 0. The van der Waals surface area contributed by atoms with Crippen LogP contribution >= 0.6 is 0 Å². The van der Waals surface area contributed by atoms with Gasteiger partial charge < -0.3 is 5.11 Å². The molecule has 0 aromatic heterocycles. The number of aliphatic hydroxyl groups excluding tert-OH is 1. The number of rotatable bonds is 5. The summed E-state index contributed by atoms with van der Waals surface area (Å²) in [6.07, 6.45) is 19.5. The first-order valence-corrected chi connectivity index (χ1v) is 12.5. The van der Waals surface area contributed by atoms with Crippen molar-refractivity contribution in [3.8, 4) is 0 Å². The highest BCUT2D eigenvalue weighted by Crippen LogP contribution is 2.59. The minimum absolute atomic E-state index is 0.121. The van der Waals surface area contributed by atoms with E-state index in [4.69, 9.17) is 0 Å². The zero-order valence-corrected chi connectivity index (χ0v) is 20.0. The molecule has 0 radical (unpaired) electrons. The molecule has 3 saturated carbocycles. The van der Waals surface area contributed by atoms with Gasteiger partial charge in [-0.1, -0.05) is 77.0 Å². The highest BCUT2D eigenvalue weighted by molar-refractivity contribution is 5.27. The molecule has 3 aliphatic carbocycles. The van der Waals surface area contributed by atoms with Crippen molar-refractivity contribution in [1.29, 1.82) is 0 Å². The fourth-order valence-corrected chi connectivity index (χ4v) is 6.50. The van der Waals surface area contributed by atoms with Crippen LogP contribution in [0.3, 0.4) is 0 Å². The average molecular weight is 399 g/mol. The summed E-state index contributed by atoms with van der Waals surface area (Å²) in [6, 6.07) is 0. The van der Waals surface area contributed by atoms with Crippen LogP contribution in [-0.2, 0) is 0 Å². The van der Waals surface area contributed by atoms with Crippen LogP contribution in [-0.4, -0.2) is 11.2 Å². The molecule has 3 aliphatic rings. The van der Waals surface area contributed by atoms with Crippen molar-refractivity contribution in [3.05, 3.63) is 35.5 Å². The van der Waals surface area contributed by atoms with E-state index in [0.29, 0.717) is 23.2 Å². The summed E-state index contributed by atoms with van der Waals surface area (Å²) in [7, 11) is 0. The SMILES string of the molecule is CC(C)[C@@H](C)/C=C/[C@@H](C)[C@H]1CC[C@H]2/C(=C\C=C3\C[C@@H](O)CC[C@@H]3C)CCC[C@]12C. The first kappa shape index (κ1) is 22.9. The molecule has 29 heavy (non-hydrogen) atoms. The molecule has 164 valence electrons. The molecule has 7 atom stereocenters. The Morgan fingerprint density at radius 3 is 2.41 bits per heavy atom. The monoisotopic (exact) mass is 398 g/mol. The first-order chi connectivity index (χ1) is 13.7. The number of fused-ring (bicyclic) bond motifs is 1. The molecule has 3 fully saturated rings. The van der Waals surface area contributed by atoms with Gasteiger partial charge in [0.05, 0.1) is 6.10 Å². The van der Waals surface area contributed by atoms with Gasteiger partial charge in [0.15, 0.2) is 0 Å². The lowest BCUT2D eigenvalue weighted by Gasteiger charge is -2.44. The predicted molar refractivity (Wildman–Crippen MR) is 126 cm³/mol. The van der Waals surface area contributed by atoms with E-state index in [9.17, 15) is 5.11 Å². The summed E-state index contributed by atoms with van der Waals surface area (Å²) in [6.45, 7) is 14.4. The average Bonchev–Trinajstić information content (AvgIpc) is 3.04. The molecule has 0 aromatic carbocycles.